The summed E-state index contributed by atoms with van der Waals surface area (Å²) >= 11 is 1.31. The van der Waals surface area contributed by atoms with Crippen LogP contribution in [0.4, 0.5) is 0 Å². The van der Waals surface area contributed by atoms with Crippen molar-refractivity contribution < 1.29 is 24.5 Å². The number of amides is 2. The second-order valence-corrected chi connectivity index (χ2v) is 7.30. The molecule has 2 heterocycles. The molecule has 1 aliphatic rings. The van der Waals surface area contributed by atoms with Crippen molar-refractivity contribution in [3.63, 3.8) is 0 Å². The fraction of sp³-hybridized carbons (Fsp3) is 0.368. The zero-order valence-corrected chi connectivity index (χ0v) is 15.4. The van der Waals surface area contributed by atoms with Crippen LogP contribution in [0.1, 0.15) is 21.7 Å². The molecule has 1 aliphatic heterocycles. The van der Waals surface area contributed by atoms with Gasteiger partial charge in [0, 0.05) is 13.1 Å². The molecule has 0 spiro atoms. The number of nitrogens with one attached hydrogen (secondary N) is 2. The number of aliphatic hydroxyl groups is 2. The van der Waals surface area contributed by atoms with Gasteiger partial charge in [0.25, 0.3) is 5.91 Å². The van der Waals surface area contributed by atoms with Crippen molar-refractivity contribution in [3.05, 3.63) is 58.3 Å². The predicted molar refractivity (Wildman–Crippen MR) is 100 cm³/mol. The summed E-state index contributed by atoms with van der Waals surface area (Å²) in [4.78, 5) is 24.6. The second-order valence-electron chi connectivity index (χ2n) is 6.35. The topological polar surface area (TPSA) is 108 Å². The van der Waals surface area contributed by atoms with Gasteiger partial charge in [0.1, 0.15) is 18.3 Å². The normalized spacial score (nSPS) is 24.5. The van der Waals surface area contributed by atoms with Gasteiger partial charge in [-0.1, -0.05) is 36.4 Å². The molecule has 8 heteroatoms. The molecule has 1 fully saturated rings. The molecule has 4 atom stereocenters. The maximum atomic E-state index is 12.1. The third-order valence-corrected chi connectivity index (χ3v) is 5.26. The van der Waals surface area contributed by atoms with Crippen LogP contribution in [-0.4, -0.2) is 53.0 Å². The standard InChI is InChI=1S/C19H22N2O5S/c22-16(20-10-12-5-2-1-3-6-12)9-13-17(23)18(24)14(26-13)11-21-19(25)15-7-4-8-27-15/h1-8,13-14,17-18,23-24H,9-11H2,(H,20,22)(H,21,25)/t13-,14+,17-,18+/m0/s1. The zero-order valence-electron chi connectivity index (χ0n) is 14.6. The van der Waals surface area contributed by atoms with Crippen LogP contribution in [0, 0.1) is 0 Å². The van der Waals surface area contributed by atoms with E-state index >= 15 is 0 Å². The third-order valence-electron chi connectivity index (χ3n) is 4.39. The number of aliphatic hydroxyl groups excluding tert-OH is 2. The SMILES string of the molecule is O=C(C[C@@H]1O[C@H](CNC(=O)c2cccs2)[C@@H](O)[C@H]1O)NCc1ccccc1. The molecule has 3 rings (SSSR count). The monoisotopic (exact) mass is 390 g/mol. The number of hydrogen-bond donors (Lipinski definition) is 4. The molecule has 2 amide bonds. The fourth-order valence-electron chi connectivity index (χ4n) is 2.90. The van der Waals surface area contributed by atoms with E-state index in [0.29, 0.717) is 11.4 Å². The van der Waals surface area contributed by atoms with Crippen molar-refractivity contribution in [3.8, 4) is 0 Å². The Bertz CT molecular complexity index is 753. The number of rotatable bonds is 7. The Morgan fingerprint density at radius 2 is 1.74 bits per heavy atom. The Balaban J connectivity index is 1.46. The van der Waals surface area contributed by atoms with Crippen LogP contribution in [0.5, 0.6) is 0 Å². The number of benzene rings is 1. The first kappa shape index (κ1) is 19.5. The lowest BCUT2D eigenvalue weighted by Gasteiger charge is -2.15. The van der Waals surface area contributed by atoms with Gasteiger partial charge in [-0.3, -0.25) is 9.59 Å². The zero-order chi connectivity index (χ0) is 19.2. The van der Waals surface area contributed by atoms with E-state index in [9.17, 15) is 19.8 Å². The summed E-state index contributed by atoms with van der Waals surface area (Å²) in [5.74, 6) is -0.544. The molecule has 1 aromatic heterocycles. The summed E-state index contributed by atoms with van der Waals surface area (Å²) in [6, 6.07) is 12.9. The number of carbonyl (C=O) groups is 2. The molecule has 144 valence electrons. The van der Waals surface area contributed by atoms with Crippen molar-refractivity contribution in [1.29, 1.82) is 0 Å². The summed E-state index contributed by atoms with van der Waals surface area (Å²) in [6.45, 7) is 0.433. The molecule has 0 bridgehead atoms. The minimum atomic E-state index is -1.18. The first-order valence-electron chi connectivity index (χ1n) is 8.68. The van der Waals surface area contributed by atoms with Gasteiger partial charge in [-0.05, 0) is 17.0 Å². The maximum Gasteiger partial charge on any atom is 0.261 e. The van der Waals surface area contributed by atoms with E-state index in [2.05, 4.69) is 10.6 Å². The smallest absolute Gasteiger partial charge is 0.261 e. The number of carbonyl (C=O) groups excluding carboxylic acids is 2. The van der Waals surface area contributed by atoms with E-state index in [1.165, 1.54) is 11.3 Å². The van der Waals surface area contributed by atoms with E-state index in [1.54, 1.807) is 17.5 Å². The Hall–Kier alpha value is -2.26. The van der Waals surface area contributed by atoms with Crippen molar-refractivity contribution in [2.75, 3.05) is 6.54 Å². The molecule has 27 heavy (non-hydrogen) atoms. The Morgan fingerprint density at radius 1 is 1.00 bits per heavy atom. The molecule has 0 aliphatic carbocycles. The molecule has 0 saturated carbocycles. The molecule has 2 aromatic rings. The molecular formula is C19H22N2O5S. The first-order valence-corrected chi connectivity index (χ1v) is 9.56. The molecule has 7 nitrogen and oxygen atoms in total. The lowest BCUT2D eigenvalue weighted by molar-refractivity contribution is -0.125. The predicted octanol–water partition coefficient (Wildman–Crippen LogP) is 0.674. The van der Waals surface area contributed by atoms with Crippen molar-refractivity contribution >= 4 is 23.2 Å². The van der Waals surface area contributed by atoms with Gasteiger partial charge in [0.05, 0.1) is 17.4 Å². The first-order chi connectivity index (χ1) is 13.0. The molecular weight excluding hydrogens is 368 g/mol. The highest BCUT2D eigenvalue weighted by atomic mass is 32.1. The summed E-state index contributed by atoms with van der Waals surface area (Å²) in [6.07, 6.45) is -4.01. The molecule has 0 unspecified atom stereocenters. The highest BCUT2D eigenvalue weighted by Gasteiger charge is 2.43. The lowest BCUT2D eigenvalue weighted by Crippen LogP contribution is -2.40. The average molecular weight is 390 g/mol. The van der Waals surface area contributed by atoms with Crippen LogP contribution in [-0.2, 0) is 16.1 Å². The highest BCUT2D eigenvalue weighted by molar-refractivity contribution is 7.12. The van der Waals surface area contributed by atoms with Crippen molar-refractivity contribution in [2.24, 2.45) is 0 Å². The number of thiophene rings is 1. The van der Waals surface area contributed by atoms with Gasteiger partial charge in [0.2, 0.25) is 5.91 Å². The summed E-state index contributed by atoms with van der Waals surface area (Å²) in [7, 11) is 0. The van der Waals surface area contributed by atoms with Crippen LogP contribution >= 0.6 is 11.3 Å². The van der Waals surface area contributed by atoms with Gasteiger partial charge < -0.3 is 25.6 Å². The van der Waals surface area contributed by atoms with Crippen LogP contribution < -0.4 is 10.6 Å². The van der Waals surface area contributed by atoms with E-state index in [1.807, 2.05) is 30.3 Å². The quantitative estimate of drug-likeness (QED) is 0.556. The van der Waals surface area contributed by atoms with Crippen molar-refractivity contribution in [1.82, 2.24) is 10.6 Å². The molecule has 0 radical (unpaired) electrons. The molecule has 1 aromatic carbocycles. The van der Waals surface area contributed by atoms with Crippen molar-refractivity contribution in [2.45, 2.75) is 37.4 Å². The highest BCUT2D eigenvalue weighted by Crippen LogP contribution is 2.23. The number of ether oxygens (including phenoxy) is 1. The van der Waals surface area contributed by atoms with Gasteiger partial charge in [-0.25, -0.2) is 0 Å². The van der Waals surface area contributed by atoms with Crippen LogP contribution in [0.2, 0.25) is 0 Å². The summed E-state index contributed by atoms with van der Waals surface area (Å²) in [5, 5.41) is 27.5. The van der Waals surface area contributed by atoms with E-state index in [0.717, 1.165) is 5.56 Å². The van der Waals surface area contributed by atoms with Gasteiger partial charge in [-0.15, -0.1) is 11.3 Å². The lowest BCUT2D eigenvalue weighted by atomic mass is 10.1. The Kier molecular flexibility index (Phi) is 6.57. The number of hydrogen-bond acceptors (Lipinski definition) is 6. The third kappa shape index (κ3) is 5.14. The van der Waals surface area contributed by atoms with E-state index < -0.39 is 24.4 Å². The van der Waals surface area contributed by atoms with Gasteiger partial charge >= 0.3 is 0 Å². The molecule has 4 N–H and O–H groups in total. The van der Waals surface area contributed by atoms with Crippen LogP contribution in [0.3, 0.4) is 0 Å². The van der Waals surface area contributed by atoms with E-state index in [-0.39, 0.29) is 24.8 Å². The van der Waals surface area contributed by atoms with Gasteiger partial charge in [0.15, 0.2) is 0 Å². The van der Waals surface area contributed by atoms with Crippen LogP contribution in [0.15, 0.2) is 47.8 Å². The summed E-state index contributed by atoms with van der Waals surface area (Å²) < 4.78 is 5.60. The largest absolute Gasteiger partial charge is 0.388 e. The average Bonchev–Trinajstić information content (AvgIpc) is 3.30. The molecule has 1 saturated heterocycles. The maximum absolute atomic E-state index is 12.1. The van der Waals surface area contributed by atoms with Crippen LogP contribution in [0.25, 0.3) is 0 Å². The van der Waals surface area contributed by atoms with E-state index in [4.69, 9.17) is 4.74 Å². The minimum absolute atomic E-state index is 0.0527. The Morgan fingerprint density at radius 3 is 2.44 bits per heavy atom. The fourth-order valence-corrected chi connectivity index (χ4v) is 3.54. The summed E-state index contributed by atoms with van der Waals surface area (Å²) in [5.41, 5.74) is 0.966. The Labute approximate surface area is 161 Å². The minimum Gasteiger partial charge on any atom is -0.388 e. The second kappa shape index (κ2) is 9.09. The van der Waals surface area contributed by atoms with Gasteiger partial charge in [-0.2, -0.15) is 0 Å².